The number of nitrogens with zero attached hydrogens (tertiary/aromatic N) is 4. The van der Waals surface area contributed by atoms with Gasteiger partial charge in [0, 0.05) is 32.8 Å². The molecule has 1 aliphatic heterocycles. The quantitative estimate of drug-likeness (QED) is 0.867. The van der Waals surface area contributed by atoms with Crippen molar-refractivity contribution in [3.8, 4) is 0 Å². The second-order valence-corrected chi connectivity index (χ2v) is 7.19. The molecule has 1 saturated carbocycles. The number of amides is 1. The number of hydrogen-bond acceptors (Lipinski definition) is 3. The first-order valence-corrected chi connectivity index (χ1v) is 8.95. The van der Waals surface area contributed by atoms with Crippen LogP contribution in [0.25, 0.3) is 11.2 Å². The molecule has 1 atom stereocenters. The number of rotatable bonds is 3. The smallest absolute Gasteiger partial charge is 0.330 e. The summed E-state index contributed by atoms with van der Waals surface area (Å²) in [6.45, 7) is 1.37. The van der Waals surface area contributed by atoms with Crippen LogP contribution in [0.3, 0.4) is 0 Å². The van der Waals surface area contributed by atoms with Crippen molar-refractivity contribution in [1.82, 2.24) is 19.0 Å². The molecule has 1 amide bonds. The zero-order valence-corrected chi connectivity index (χ0v) is 14.1. The van der Waals surface area contributed by atoms with Gasteiger partial charge in [-0.15, -0.1) is 0 Å². The van der Waals surface area contributed by atoms with Gasteiger partial charge in [0.2, 0.25) is 5.91 Å². The lowest BCUT2D eigenvalue weighted by Gasteiger charge is -2.19. The normalized spacial score (nSPS) is 21.9. The first-order chi connectivity index (χ1) is 11.6. The Morgan fingerprint density at radius 3 is 2.88 bits per heavy atom. The fourth-order valence-electron chi connectivity index (χ4n) is 4.29. The molecule has 3 heterocycles. The minimum Gasteiger partial charge on any atom is -0.341 e. The van der Waals surface area contributed by atoms with Gasteiger partial charge in [0.25, 0.3) is 0 Å². The van der Waals surface area contributed by atoms with Gasteiger partial charge in [0.15, 0.2) is 5.65 Å². The van der Waals surface area contributed by atoms with Crippen LogP contribution in [0, 0.1) is 5.92 Å². The first kappa shape index (κ1) is 15.4. The summed E-state index contributed by atoms with van der Waals surface area (Å²) in [6.07, 6.45) is 8.12. The second-order valence-electron chi connectivity index (χ2n) is 7.19. The summed E-state index contributed by atoms with van der Waals surface area (Å²) in [6, 6.07) is 3.79. The molecule has 2 aliphatic rings. The molecule has 6 nitrogen and oxygen atoms in total. The minimum absolute atomic E-state index is 0.0311. The van der Waals surface area contributed by atoms with Gasteiger partial charge in [-0.25, -0.2) is 9.78 Å². The Bertz CT molecular complexity index is 816. The lowest BCUT2D eigenvalue weighted by molar-refractivity contribution is -0.131. The average Bonchev–Trinajstić information content (AvgIpc) is 3.30. The molecule has 2 aromatic heterocycles. The standard InChI is InChI=1S/C18H24N4O2/c1-20-15-7-4-9-19-17(15)22(18(20)24)14-8-10-21(12-14)16(23)11-13-5-2-3-6-13/h4,7,9,13-14H,2-3,5-6,8,10-12H2,1H3/t14-/m1/s1. The number of aromatic nitrogens is 3. The first-order valence-electron chi connectivity index (χ1n) is 8.95. The highest BCUT2D eigenvalue weighted by molar-refractivity contribution is 5.77. The molecule has 2 fully saturated rings. The molecule has 0 bridgehead atoms. The molecule has 0 radical (unpaired) electrons. The maximum Gasteiger partial charge on any atom is 0.330 e. The molecule has 1 saturated heterocycles. The number of carbonyl (C=O) groups is 1. The topological polar surface area (TPSA) is 60.1 Å². The molecule has 128 valence electrons. The fourth-order valence-corrected chi connectivity index (χ4v) is 4.29. The van der Waals surface area contributed by atoms with E-state index in [4.69, 9.17) is 0 Å². The van der Waals surface area contributed by atoms with Crippen molar-refractivity contribution in [1.29, 1.82) is 0 Å². The zero-order valence-electron chi connectivity index (χ0n) is 14.1. The van der Waals surface area contributed by atoms with Crippen LogP contribution in [-0.4, -0.2) is 38.0 Å². The predicted octanol–water partition coefficient (Wildman–Crippen LogP) is 2.09. The Hall–Kier alpha value is -2.11. The highest BCUT2D eigenvalue weighted by Gasteiger charge is 2.31. The maximum absolute atomic E-state index is 12.6. The van der Waals surface area contributed by atoms with Gasteiger partial charge in [0.1, 0.15) is 0 Å². The molecule has 4 rings (SSSR count). The Labute approximate surface area is 141 Å². The average molecular weight is 328 g/mol. The summed E-state index contributed by atoms with van der Waals surface area (Å²) in [5, 5.41) is 0. The largest absolute Gasteiger partial charge is 0.341 e. The molecule has 24 heavy (non-hydrogen) atoms. The van der Waals surface area contributed by atoms with E-state index < -0.39 is 0 Å². The SMILES string of the molecule is Cn1c(=O)n([C@@H]2CCN(C(=O)CC3CCCC3)C2)c2ncccc21. The van der Waals surface area contributed by atoms with Crippen LogP contribution in [0.1, 0.15) is 44.6 Å². The Morgan fingerprint density at radius 2 is 2.08 bits per heavy atom. The van der Waals surface area contributed by atoms with E-state index in [1.54, 1.807) is 22.4 Å². The van der Waals surface area contributed by atoms with Gasteiger partial charge in [-0.05, 0) is 37.3 Å². The van der Waals surface area contributed by atoms with Crippen molar-refractivity contribution in [3.63, 3.8) is 0 Å². The van der Waals surface area contributed by atoms with Crippen molar-refractivity contribution in [3.05, 3.63) is 28.8 Å². The third-order valence-electron chi connectivity index (χ3n) is 5.67. The number of fused-ring (bicyclic) bond motifs is 1. The third-order valence-corrected chi connectivity index (χ3v) is 5.67. The van der Waals surface area contributed by atoms with E-state index >= 15 is 0 Å². The molecule has 1 aliphatic carbocycles. The molecular weight excluding hydrogens is 304 g/mol. The molecule has 0 spiro atoms. The van der Waals surface area contributed by atoms with Crippen molar-refractivity contribution in [2.75, 3.05) is 13.1 Å². The highest BCUT2D eigenvalue weighted by Crippen LogP contribution is 2.30. The van der Waals surface area contributed by atoms with Gasteiger partial charge in [-0.1, -0.05) is 12.8 Å². The molecular formula is C18H24N4O2. The summed E-state index contributed by atoms with van der Waals surface area (Å²) in [5.74, 6) is 0.823. The van der Waals surface area contributed by atoms with Crippen molar-refractivity contribution in [2.24, 2.45) is 13.0 Å². The van der Waals surface area contributed by atoms with Crippen molar-refractivity contribution in [2.45, 2.75) is 44.6 Å². The molecule has 0 aromatic carbocycles. The Morgan fingerprint density at radius 1 is 1.29 bits per heavy atom. The van der Waals surface area contributed by atoms with Crippen LogP contribution in [0.4, 0.5) is 0 Å². The second kappa shape index (κ2) is 6.07. The highest BCUT2D eigenvalue weighted by atomic mass is 16.2. The van der Waals surface area contributed by atoms with Crippen molar-refractivity contribution < 1.29 is 4.79 Å². The van der Waals surface area contributed by atoms with Crippen molar-refractivity contribution >= 4 is 17.1 Å². The zero-order chi connectivity index (χ0) is 16.7. The van der Waals surface area contributed by atoms with E-state index in [9.17, 15) is 9.59 Å². The van der Waals surface area contributed by atoms with Gasteiger partial charge in [-0.2, -0.15) is 0 Å². The van der Waals surface area contributed by atoms with Gasteiger partial charge < -0.3 is 4.90 Å². The number of carbonyl (C=O) groups excluding carboxylic acids is 1. The summed E-state index contributed by atoms with van der Waals surface area (Å²) in [5.41, 5.74) is 1.53. The summed E-state index contributed by atoms with van der Waals surface area (Å²) >= 11 is 0. The van der Waals surface area contributed by atoms with Crippen LogP contribution in [0.15, 0.2) is 23.1 Å². The van der Waals surface area contributed by atoms with Crippen LogP contribution in [0.2, 0.25) is 0 Å². The van der Waals surface area contributed by atoms with E-state index in [2.05, 4.69) is 4.98 Å². The lowest BCUT2D eigenvalue weighted by Crippen LogP contribution is -2.32. The third kappa shape index (κ3) is 2.54. The number of pyridine rings is 1. The molecule has 2 aromatic rings. The molecule has 6 heteroatoms. The van der Waals surface area contributed by atoms with Crippen LogP contribution in [-0.2, 0) is 11.8 Å². The van der Waals surface area contributed by atoms with Gasteiger partial charge in [-0.3, -0.25) is 13.9 Å². The van der Waals surface area contributed by atoms with E-state index in [0.29, 0.717) is 18.9 Å². The van der Waals surface area contributed by atoms with Gasteiger partial charge in [0.05, 0.1) is 11.6 Å². The van der Waals surface area contributed by atoms with Gasteiger partial charge >= 0.3 is 5.69 Å². The predicted molar refractivity (Wildman–Crippen MR) is 91.8 cm³/mol. The van der Waals surface area contributed by atoms with Crippen LogP contribution < -0.4 is 5.69 Å². The van der Waals surface area contributed by atoms with Crippen LogP contribution in [0.5, 0.6) is 0 Å². The monoisotopic (exact) mass is 328 g/mol. The fraction of sp³-hybridized carbons (Fsp3) is 0.611. The van der Waals surface area contributed by atoms with E-state index in [1.165, 1.54) is 25.7 Å². The van der Waals surface area contributed by atoms with E-state index in [-0.39, 0.29) is 17.6 Å². The number of likely N-dealkylation sites (tertiary alicyclic amines) is 1. The Balaban J connectivity index is 1.54. The van der Waals surface area contributed by atoms with E-state index in [0.717, 1.165) is 24.1 Å². The number of aryl methyl sites for hydroxylation is 1. The van der Waals surface area contributed by atoms with Crippen LogP contribution >= 0.6 is 0 Å². The summed E-state index contributed by atoms with van der Waals surface area (Å²) in [7, 11) is 1.78. The lowest BCUT2D eigenvalue weighted by atomic mass is 10.0. The maximum atomic E-state index is 12.6. The Kier molecular flexibility index (Phi) is 3.90. The molecule has 0 unspecified atom stereocenters. The molecule has 0 N–H and O–H groups in total. The summed E-state index contributed by atoms with van der Waals surface area (Å²) in [4.78, 5) is 31.5. The number of hydrogen-bond donors (Lipinski definition) is 0. The minimum atomic E-state index is -0.0428. The van der Waals surface area contributed by atoms with E-state index in [1.807, 2.05) is 17.0 Å². The summed E-state index contributed by atoms with van der Waals surface area (Å²) < 4.78 is 3.42. The number of imidazole rings is 1.